The van der Waals surface area contributed by atoms with Crippen LogP contribution in [0, 0.1) is 5.41 Å². The molecule has 0 saturated heterocycles. The molecular weight excluding hydrogens is 228 g/mol. The van der Waals surface area contributed by atoms with E-state index in [4.69, 9.17) is 4.74 Å². The number of benzene rings is 1. The molecule has 0 spiro atoms. The fourth-order valence-corrected chi connectivity index (χ4v) is 1.72. The predicted molar refractivity (Wildman–Crippen MR) is 72.5 cm³/mol. The maximum Gasteiger partial charge on any atom is 0.226 e. The van der Waals surface area contributed by atoms with Crippen molar-refractivity contribution in [3.05, 3.63) is 29.8 Å². The van der Waals surface area contributed by atoms with Gasteiger partial charge in [0, 0.05) is 20.1 Å². The van der Waals surface area contributed by atoms with Crippen molar-refractivity contribution in [2.45, 2.75) is 20.4 Å². The molecule has 4 heteroatoms. The molecule has 0 fully saturated rings. The van der Waals surface area contributed by atoms with Crippen LogP contribution in [0.3, 0.4) is 0 Å². The number of nitrogens with one attached hydrogen (secondary N) is 2. The van der Waals surface area contributed by atoms with Gasteiger partial charge in [-0.3, -0.25) is 4.79 Å². The summed E-state index contributed by atoms with van der Waals surface area (Å²) in [6, 6.07) is 7.89. The Morgan fingerprint density at radius 1 is 1.39 bits per heavy atom. The first kappa shape index (κ1) is 14.5. The molecule has 0 saturated carbocycles. The maximum atomic E-state index is 11.6. The van der Waals surface area contributed by atoms with Crippen molar-refractivity contribution in [1.29, 1.82) is 0 Å². The summed E-state index contributed by atoms with van der Waals surface area (Å²) < 4.78 is 5.17. The normalized spacial score (nSPS) is 11.1. The van der Waals surface area contributed by atoms with Crippen molar-refractivity contribution in [2.75, 3.05) is 20.7 Å². The summed E-state index contributed by atoms with van der Waals surface area (Å²) in [5.74, 6) is 0.889. The molecular formula is C14H22N2O2. The molecule has 0 radical (unpaired) electrons. The fourth-order valence-electron chi connectivity index (χ4n) is 1.72. The second-order valence-corrected chi connectivity index (χ2v) is 4.92. The number of hydrogen-bond acceptors (Lipinski definition) is 3. The number of carbonyl (C=O) groups excluding carboxylic acids is 1. The molecule has 18 heavy (non-hydrogen) atoms. The molecule has 0 aliphatic heterocycles. The Balaban J connectivity index is 2.48. The first-order valence-corrected chi connectivity index (χ1v) is 6.05. The highest BCUT2D eigenvalue weighted by molar-refractivity contribution is 5.81. The Labute approximate surface area is 109 Å². The highest BCUT2D eigenvalue weighted by Gasteiger charge is 2.25. The van der Waals surface area contributed by atoms with Gasteiger partial charge in [-0.2, -0.15) is 0 Å². The molecule has 0 unspecified atom stereocenters. The summed E-state index contributed by atoms with van der Waals surface area (Å²) in [6.07, 6.45) is 0. The molecule has 1 aromatic rings. The van der Waals surface area contributed by atoms with Gasteiger partial charge in [0.2, 0.25) is 5.91 Å². The first-order chi connectivity index (χ1) is 8.49. The van der Waals surface area contributed by atoms with E-state index in [-0.39, 0.29) is 5.91 Å². The van der Waals surface area contributed by atoms with Crippen LogP contribution in [0.25, 0.3) is 0 Å². The van der Waals surface area contributed by atoms with Gasteiger partial charge in [0.1, 0.15) is 5.75 Å². The second kappa shape index (κ2) is 6.40. The molecule has 2 N–H and O–H groups in total. The minimum absolute atomic E-state index is 0.0423. The van der Waals surface area contributed by atoms with Gasteiger partial charge in [0.25, 0.3) is 0 Å². The standard InChI is InChI=1S/C14H22N2O2/c1-14(2,13(17)15-3)10-16-9-11-6-5-7-12(8-11)18-4/h5-8,16H,9-10H2,1-4H3,(H,15,17). The molecule has 0 aliphatic rings. The van der Waals surface area contributed by atoms with Crippen LogP contribution in [-0.4, -0.2) is 26.6 Å². The summed E-state index contributed by atoms with van der Waals surface area (Å²) >= 11 is 0. The molecule has 0 heterocycles. The number of amides is 1. The Morgan fingerprint density at radius 2 is 2.11 bits per heavy atom. The third-order valence-corrected chi connectivity index (χ3v) is 2.87. The highest BCUT2D eigenvalue weighted by Crippen LogP contribution is 2.15. The van der Waals surface area contributed by atoms with Crippen molar-refractivity contribution in [3.8, 4) is 5.75 Å². The number of methoxy groups -OCH3 is 1. The summed E-state index contributed by atoms with van der Waals surface area (Å²) in [7, 11) is 3.31. The quantitative estimate of drug-likeness (QED) is 0.805. The zero-order valence-electron chi connectivity index (χ0n) is 11.5. The fraction of sp³-hybridized carbons (Fsp3) is 0.500. The number of carbonyl (C=O) groups is 1. The topological polar surface area (TPSA) is 50.4 Å². The lowest BCUT2D eigenvalue weighted by atomic mass is 9.92. The van der Waals surface area contributed by atoms with Gasteiger partial charge < -0.3 is 15.4 Å². The van der Waals surface area contributed by atoms with Crippen molar-refractivity contribution < 1.29 is 9.53 Å². The van der Waals surface area contributed by atoms with Gasteiger partial charge in [-0.1, -0.05) is 12.1 Å². The molecule has 0 aliphatic carbocycles. The van der Waals surface area contributed by atoms with Crippen LogP contribution in [0.15, 0.2) is 24.3 Å². The third-order valence-electron chi connectivity index (χ3n) is 2.87. The molecule has 0 aromatic heterocycles. The Bertz CT molecular complexity index is 403. The van der Waals surface area contributed by atoms with E-state index in [1.54, 1.807) is 14.2 Å². The molecule has 4 nitrogen and oxygen atoms in total. The molecule has 1 rings (SSSR count). The summed E-state index contributed by atoms with van der Waals surface area (Å²) in [4.78, 5) is 11.6. The molecule has 1 amide bonds. The van der Waals surface area contributed by atoms with E-state index in [2.05, 4.69) is 10.6 Å². The van der Waals surface area contributed by atoms with Crippen LogP contribution in [0.1, 0.15) is 19.4 Å². The number of rotatable bonds is 6. The van der Waals surface area contributed by atoms with Crippen LogP contribution < -0.4 is 15.4 Å². The monoisotopic (exact) mass is 250 g/mol. The lowest BCUT2D eigenvalue weighted by molar-refractivity contribution is -0.128. The zero-order chi connectivity index (χ0) is 13.6. The summed E-state index contributed by atoms with van der Waals surface area (Å²) in [5.41, 5.74) is 0.732. The van der Waals surface area contributed by atoms with E-state index < -0.39 is 5.41 Å². The van der Waals surface area contributed by atoms with Crippen LogP contribution in [-0.2, 0) is 11.3 Å². The average Bonchev–Trinajstić information content (AvgIpc) is 2.37. The zero-order valence-corrected chi connectivity index (χ0v) is 11.5. The maximum absolute atomic E-state index is 11.6. The van der Waals surface area contributed by atoms with E-state index in [1.165, 1.54) is 0 Å². The van der Waals surface area contributed by atoms with Gasteiger partial charge in [-0.25, -0.2) is 0 Å². The lowest BCUT2D eigenvalue weighted by Crippen LogP contribution is -2.41. The minimum Gasteiger partial charge on any atom is -0.497 e. The van der Waals surface area contributed by atoms with Crippen molar-refractivity contribution >= 4 is 5.91 Å². The van der Waals surface area contributed by atoms with Gasteiger partial charge in [0.05, 0.1) is 12.5 Å². The highest BCUT2D eigenvalue weighted by atomic mass is 16.5. The van der Waals surface area contributed by atoms with Crippen LogP contribution in [0.2, 0.25) is 0 Å². The van der Waals surface area contributed by atoms with E-state index in [0.29, 0.717) is 6.54 Å². The van der Waals surface area contributed by atoms with Crippen LogP contribution in [0.5, 0.6) is 5.75 Å². The van der Waals surface area contributed by atoms with Crippen molar-refractivity contribution in [3.63, 3.8) is 0 Å². The lowest BCUT2D eigenvalue weighted by Gasteiger charge is -2.23. The van der Waals surface area contributed by atoms with Crippen LogP contribution in [0.4, 0.5) is 0 Å². The van der Waals surface area contributed by atoms with E-state index in [9.17, 15) is 4.79 Å². The van der Waals surface area contributed by atoms with E-state index in [1.807, 2.05) is 38.1 Å². The average molecular weight is 250 g/mol. The van der Waals surface area contributed by atoms with Crippen LogP contribution >= 0.6 is 0 Å². The van der Waals surface area contributed by atoms with E-state index in [0.717, 1.165) is 17.9 Å². The number of ether oxygens (including phenoxy) is 1. The summed E-state index contributed by atoms with van der Waals surface area (Å²) in [6.45, 7) is 5.19. The Hall–Kier alpha value is -1.55. The van der Waals surface area contributed by atoms with Gasteiger partial charge in [-0.15, -0.1) is 0 Å². The summed E-state index contributed by atoms with van der Waals surface area (Å²) in [5, 5.41) is 5.97. The SMILES string of the molecule is CNC(=O)C(C)(C)CNCc1cccc(OC)c1. The second-order valence-electron chi connectivity index (χ2n) is 4.92. The van der Waals surface area contributed by atoms with Gasteiger partial charge in [-0.05, 0) is 31.5 Å². The largest absolute Gasteiger partial charge is 0.497 e. The van der Waals surface area contributed by atoms with E-state index >= 15 is 0 Å². The first-order valence-electron chi connectivity index (χ1n) is 6.05. The predicted octanol–water partition coefficient (Wildman–Crippen LogP) is 1.56. The van der Waals surface area contributed by atoms with Crippen molar-refractivity contribution in [1.82, 2.24) is 10.6 Å². The third kappa shape index (κ3) is 4.04. The Kier molecular flexibility index (Phi) is 5.16. The molecule has 0 bridgehead atoms. The van der Waals surface area contributed by atoms with Crippen molar-refractivity contribution in [2.24, 2.45) is 5.41 Å². The number of hydrogen-bond donors (Lipinski definition) is 2. The smallest absolute Gasteiger partial charge is 0.226 e. The molecule has 1 aromatic carbocycles. The molecule has 100 valence electrons. The molecule has 0 atom stereocenters. The van der Waals surface area contributed by atoms with Gasteiger partial charge >= 0.3 is 0 Å². The minimum atomic E-state index is -0.409. The Morgan fingerprint density at radius 3 is 2.72 bits per heavy atom. The van der Waals surface area contributed by atoms with Gasteiger partial charge in [0.15, 0.2) is 0 Å².